The van der Waals surface area contributed by atoms with Gasteiger partial charge < -0.3 is 4.90 Å². The minimum atomic E-state index is 0.962. The van der Waals surface area contributed by atoms with Gasteiger partial charge in [-0.2, -0.15) is 0 Å². The largest absolute Gasteiger partial charge is 0.307 e. The zero-order valence-electron chi connectivity index (χ0n) is 9.27. The normalized spacial score (nSPS) is 13.8. The summed E-state index contributed by atoms with van der Waals surface area (Å²) in [7, 11) is 2.21. The van der Waals surface area contributed by atoms with E-state index in [1.165, 1.54) is 38.8 Å². The van der Waals surface area contributed by atoms with Gasteiger partial charge in [0, 0.05) is 0 Å². The van der Waals surface area contributed by atoms with Crippen LogP contribution in [0.3, 0.4) is 0 Å². The molecular formula is C11H25N. The molecule has 0 aromatic heterocycles. The molecule has 0 N–H and O–H groups in total. The predicted octanol–water partition coefficient (Wildman–Crippen LogP) is 3.15. The fourth-order valence-corrected chi connectivity index (χ4v) is 1.52. The monoisotopic (exact) mass is 171 g/mol. The Bertz CT molecular complexity index is 91.0. The lowest BCUT2D eigenvalue weighted by atomic mass is 9.97. The van der Waals surface area contributed by atoms with Gasteiger partial charge in [0.05, 0.1) is 0 Å². The minimum absolute atomic E-state index is 0.962. The van der Waals surface area contributed by atoms with Crippen molar-refractivity contribution in [2.75, 3.05) is 20.1 Å². The maximum absolute atomic E-state index is 2.40. The average Bonchev–Trinajstić information content (AvgIpc) is 2.11. The Balaban J connectivity index is 3.43. The Labute approximate surface area is 78.1 Å². The van der Waals surface area contributed by atoms with E-state index in [0.717, 1.165) is 5.92 Å². The van der Waals surface area contributed by atoms with E-state index in [1.54, 1.807) is 0 Å². The lowest BCUT2D eigenvalue weighted by Crippen LogP contribution is -2.21. The molecule has 74 valence electrons. The van der Waals surface area contributed by atoms with Crippen LogP contribution in [-0.2, 0) is 0 Å². The van der Waals surface area contributed by atoms with E-state index in [4.69, 9.17) is 0 Å². The van der Waals surface area contributed by atoms with Crippen LogP contribution in [-0.4, -0.2) is 25.0 Å². The van der Waals surface area contributed by atoms with Gasteiger partial charge in [0.2, 0.25) is 0 Å². The van der Waals surface area contributed by atoms with E-state index in [9.17, 15) is 0 Å². The molecule has 0 aromatic rings. The fourth-order valence-electron chi connectivity index (χ4n) is 1.52. The number of hydrogen-bond acceptors (Lipinski definition) is 1. The van der Waals surface area contributed by atoms with Crippen LogP contribution in [0.4, 0.5) is 0 Å². The van der Waals surface area contributed by atoms with Gasteiger partial charge in [-0.25, -0.2) is 0 Å². The molecule has 1 unspecified atom stereocenters. The summed E-state index contributed by atoms with van der Waals surface area (Å²) in [6.07, 6.45) is 5.49. The molecule has 0 spiro atoms. The van der Waals surface area contributed by atoms with Gasteiger partial charge in [-0.05, 0) is 32.5 Å². The molecule has 0 bridgehead atoms. The van der Waals surface area contributed by atoms with Crippen molar-refractivity contribution in [3.05, 3.63) is 0 Å². The molecule has 0 amide bonds. The Morgan fingerprint density at radius 1 is 1.08 bits per heavy atom. The SMILES string of the molecule is CCCC(CC)CCN(C)CC. The van der Waals surface area contributed by atoms with Gasteiger partial charge in [-0.1, -0.05) is 40.0 Å². The quantitative estimate of drug-likeness (QED) is 0.569. The van der Waals surface area contributed by atoms with Crippen LogP contribution in [0.25, 0.3) is 0 Å². The molecule has 0 aliphatic carbocycles. The van der Waals surface area contributed by atoms with E-state index in [2.05, 4.69) is 32.7 Å². The molecule has 1 atom stereocenters. The smallest absolute Gasteiger partial charge is 0.00193 e. The Hall–Kier alpha value is -0.0400. The van der Waals surface area contributed by atoms with Gasteiger partial charge >= 0.3 is 0 Å². The van der Waals surface area contributed by atoms with E-state index in [0.29, 0.717) is 0 Å². The van der Waals surface area contributed by atoms with Crippen LogP contribution in [0.5, 0.6) is 0 Å². The van der Waals surface area contributed by atoms with E-state index >= 15 is 0 Å². The van der Waals surface area contributed by atoms with Crippen LogP contribution in [0.1, 0.15) is 46.5 Å². The Morgan fingerprint density at radius 3 is 2.17 bits per heavy atom. The third kappa shape index (κ3) is 5.59. The van der Waals surface area contributed by atoms with Crippen LogP contribution < -0.4 is 0 Å². The number of rotatable bonds is 7. The first-order chi connectivity index (χ1) is 5.74. The minimum Gasteiger partial charge on any atom is -0.307 e. The lowest BCUT2D eigenvalue weighted by molar-refractivity contribution is 0.301. The first-order valence-electron chi connectivity index (χ1n) is 5.43. The van der Waals surface area contributed by atoms with Crippen molar-refractivity contribution in [3.63, 3.8) is 0 Å². The summed E-state index contributed by atoms with van der Waals surface area (Å²) in [6.45, 7) is 9.27. The highest BCUT2D eigenvalue weighted by molar-refractivity contribution is 4.59. The number of hydrogen-bond donors (Lipinski definition) is 0. The van der Waals surface area contributed by atoms with Gasteiger partial charge in [0.1, 0.15) is 0 Å². The molecule has 0 saturated heterocycles. The molecule has 12 heavy (non-hydrogen) atoms. The van der Waals surface area contributed by atoms with Crippen molar-refractivity contribution in [1.29, 1.82) is 0 Å². The van der Waals surface area contributed by atoms with E-state index < -0.39 is 0 Å². The van der Waals surface area contributed by atoms with Crippen LogP contribution >= 0.6 is 0 Å². The van der Waals surface area contributed by atoms with Crippen LogP contribution in [0.2, 0.25) is 0 Å². The van der Waals surface area contributed by atoms with Crippen molar-refractivity contribution in [3.8, 4) is 0 Å². The molecule has 0 aliphatic rings. The highest BCUT2D eigenvalue weighted by Crippen LogP contribution is 2.14. The molecule has 1 heteroatoms. The summed E-state index contributed by atoms with van der Waals surface area (Å²) in [5.74, 6) is 0.962. The van der Waals surface area contributed by atoms with Crippen LogP contribution in [0, 0.1) is 5.92 Å². The van der Waals surface area contributed by atoms with E-state index in [-0.39, 0.29) is 0 Å². The first-order valence-corrected chi connectivity index (χ1v) is 5.43. The standard InChI is InChI=1S/C11H25N/c1-5-8-11(6-2)9-10-12(4)7-3/h11H,5-10H2,1-4H3. The van der Waals surface area contributed by atoms with Crippen molar-refractivity contribution in [2.24, 2.45) is 5.92 Å². The highest BCUT2D eigenvalue weighted by Gasteiger charge is 2.05. The molecule has 0 rings (SSSR count). The van der Waals surface area contributed by atoms with Gasteiger partial charge in [0.25, 0.3) is 0 Å². The number of nitrogens with zero attached hydrogens (tertiary/aromatic N) is 1. The summed E-state index contributed by atoms with van der Waals surface area (Å²) in [6, 6.07) is 0. The second kappa shape index (κ2) is 7.60. The summed E-state index contributed by atoms with van der Waals surface area (Å²) in [5, 5.41) is 0. The van der Waals surface area contributed by atoms with E-state index in [1.807, 2.05) is 0 Å². The van der Waals surface area contributed by atoms with Gasteiger partial charge in [-0.3, -0.25) is 0 Å². The highest BCUT2D eigenvalue weighted by atomic mass is 15.1. The van der Waals surface area contributed by atoms with Crippen LogP contribution in [0.15, 0.2) is 0 Å². The molecule has 0 radical (unpaired) electrons. The molecular weight excluding hydrogens is 146 g/mol. The van der Waals surface area contributed by atoms with Crippen molar-refractivity contribution in [2.45, 2.75) is 46.5 Å². The topological polar surface area (TPSA) is 3.24 Å². The molecule has 0 aliphatic heterocycles. The summed E-state index contributed by atoms with van der Waals surface area (Å²) in [4.78, 5) is 2.40. The maximum Gasteiger partial charge on any atom is -0.00193 e. The molecule has 1 nitrogen and oxygen atoms in total. The molecule has 0 fully saturated rings. The van der Waals surface area contributed by atoms with Crippen molar-refractivity contribution < 1.29 is 0 Å². The maximum atomic E-state index is 2.40. The van der Waals surface area contributed by atoms with Gasteiger partial charge in [0.15, 0.2) is 0 Å². The third-order valence-electron chi connectivity index (χ3n) is 2.73. The Kier molecular flexibility index (Phi) is 7.58. The summed E-state index contributed by atoms with van der Waals surface area (Å²) >= 11 is 0. The molecule has 0 saturated carbocycles. The molecule has 0 aromatic carbocycles. The Morgan fingerprint density at radius 2 is 1.75 bits per heavy atom. The lowest BCUT2D eigenvalue weighted by Gasteiger charge is -2.18. The zero-order chi connectivity index (χ0) is 9.40. The van der Waals surface area contributed by atoms with Crippen molar-refractivity contribution >= 4 is 0 Å². The zero-order valence-corrected chi connectivity index (χ0v) is 9.27. The second-order valence-electron chi connectivity index (χ2n) is 3.75. The summed E-state index contributed by atoms with van der Waals surface area (Å²) < 4.78 is 0. The fraction of sp³-hybridized carbons (Fsp3) is 1.00. The predicted molar refractivity (Wildman–Crippen MR) is 56.5 cm³/mol. The van der Waals surface area contributed by atoms with Gasteiger partial charge in [-0.15, -0.1) is 0 Å². The summed E-state index contributed by atoms with van der Waals surface area (Å²) in [5.41, 5.74) is 0. The second-order valence-corrected chi connectivity index (χ2v) is 3.75. The average molecular weight is 171 g/mol. The molecule has 0 heterocycles. The van der Waals surface area contributed by atoms with Crippen molar-refractivity contribution in [1.82, 2.24) is 4.90 Å². The third-order valence-corrected chi connectivity index (χ3v) is 2.73. The first kappa shape index (κ1) is 12.0.